The van der Waals surface area contributed by atoms with Crippen LogP contribution in [0.1, 0.15) is 47.4 Å². The normalized spacial score (nSPS) is 22.5. The summed E-state index contributed by atoms with van der Waals surface area (Å²) in [5, 5.41) is 0. The van der Waals surface area contributed by atoms with Gasteiger partial charge in [0.1, 0.15) is 5.70 Å². The first kappa shape index (κ1) is 21.2. The number of ketones is 2. The summed E-state index contributed by atoms with van der Waals surface area (Å²) < 4.78 is 28.7. The van der Waals surface area contributed by atoms with Crippen LogP contribution in [0.15, 0.2) is 34.9 Å². The lowest BCUT2D eigenvalue weighted by Gasteiger charge is -2.38. The highest BCUT2D eigenvalue weighted by atomic mass is 32.2. The van der Waals surface area contributed by atoms with Crippen LogP contribution in [-0.4, -0.2) is 79.9 Å². The Hall–Kier alpha value is -2.03. The molecule has 2 saturated heterocycles. The van der Waals surface area contributed by atoms with Crippen molar-refractivity contribution >= 4 is 21.6 Å². The highest BCUT2D eigenvalue weighted by Crippen LogP contribution is 2.35. The molecule has 1 aromatic rings. The van der Waals surface area contributed by atoms with Crippen LogP contribution in [0.4, 0.5) is 0 Å². The lowest BCUT2D eigenvalue weighted by Crippen LogP contribution is -2.50. The highest BCUT2D eigenvalue weighted by Gasteiger charge is 2.44. The van der Waals surface area contributed by atoms with Crippen LogP contribution in [0.5, 0.6) is 0 Å². The van der Waals surface area contributed by atoms with Crippen molar-refractivity contribution in [1.82, 2.24) is 14.1 Å². The van der Waals surface area contributed by atoms with Gasteiger partial charge in [-0.25, -0.2) is 8.42 Å². The number of likely N-dealkylation sites (tertiary alicyclic amines) is 1. The Morgan fingerprint density at radius 3 is 2.03 bits per heavy atom. The molecule has 0 saturated carbocycles. The highest BCUT2D eigenvalue weighted by molar-refractivity contribution is 7.94. The fraction of sp³-hybridized carbons (Fsp3) is 0.545. The molecule has 0 N–H and O–H groups in total. The van der Waals surface area contributed by atoms with Crippen molar-refractivity contribution in [2.75, 3.05) is 45.8 Å². The number of piperazine rings is 1. The third kappa shape index (κ3) is 3.61. The van der Waals surface area contributed by atoms with E-state index in [1.54, 1.807) is 24.3 Å². The lowest BCUT2D eigenvalue weighted by molar-refractivity contribution is 0.0931. The molecular formula is C22H29N3O4S. The third-order valence-electron chi connectivity index (χ3n) is 6.53. The Labute approximate surface area is 178 Å². The molecule has 0 radical (unpaired) electrons. The molecule has 2 fully saturated rings. The molecule has 30 heavy (non-hydrogen) atoms. The summed E-state index contributed by atoms with van der Waals surface area (Å²) in [5.74, 6) is -0.395. The molecule has 0 atom stereocenters. The maximum atomic E-state index is 13.7. The molecule has 8 heteroatoms. The van der Waals surface area contributed by atoms with Crippen molar-refractivity contribution in [3.05, 3.63) is 46.0 Å². The van der Waals surface area contributed by atoms with Gasteiger partial charge in [-0.05, 0) is 25.3 Å². The van der Waals surface area contributed by atoms with Gasteiger partial charge in [-0.2, -0.15) is 4.31 Å². The summed E-state index contributed by atoms with van der Waals surface area (Å²) in [5.41, 5.74) is 0.553. The monoisotopic (exact) mass is 431 g/mol. The maximum Gasteiger partial charge on any atom is 0.249 e. The first-order chi connectivity index (χ1) is 14.3. The van der Waals surface area contributed by atoms with E-state index >= 15 is 0 Å². The van der Waals surface area contributed by atoms with E-state index in [4.69, 9.17) is 0 Å². The molecule has 4 rings (SSSR count). The van der Waals surface area contributed by atoms with Gasteiger partial charge in [0.25, 0.3) is 0 Å². The number of rotatable bonds is 4. The summed E-state index contributed by atoms with van der Waals surface area (Å²) in [4.78, 5) is 30.5. The van der Waals surface area contributed by atoms with E-state index in [2.05, 4.69) is 11.8 Å². The van der Waals surface area contributed by atoms with Gasteiger partial charge < -0.3 is 9.80 Å². The minimum atomic E-state index is -4.08. The topological polar surface area (TPSA) is 78.0 Å². The van der Waals surface area contributed by atoms with E-state index in [0.29, 0.717) is 50.7 Å². The van der Waals surface area contributed by atoms with Gasteiger partial charge >= 0.3 is 0 Å². The molecular weight excluding hydrogens is 402 g/mol. The number of nitrogens with zero attached hydrogens (tertiary/aromatic N) is 3. The number of carbonyl (C=O) groups is 2. The SMILES string of the molecule is CCN1CCN(S(=O)(=O)C2=C(N3CCC(C)CC3)C(=O)c3ccccc3C2=O)CC1. The number of piperidine rings is 1. The van der Waals surface area contributed by atoms with Crippen LogP contribution in [0.25, 0.3) is 0 Å². The number of Topliss-reactive ketones (excluding diaryl/α,β-unsaturated/α-hetero) is 2. The van der Waals surface area contributed by atoms with Crippen LogP contribution in [-0.2, 0) is 10.0 Å². The van der Waals surface area contributed by atoms with Crippen LogP contribution < -0.4 is 0 Å². The molecule has 0 spiro atoms. The van der Waals surface area contributed by atoms with Gasteiger partial charge in [0.05, 0.1) is 0 Å². The zero-order chi connectivity index (χ0) is 21.5. The third-order valence-corrected chi connectivity index (χ3v) is 8.47. The van der Waals surface area contributed by atoms with Crippen LogP contribution in [0, 0.1) is 5.92 Å². The fourth-order valence-electron chi connectivity index (χ4n) is 4.51. The Kier molecular flexibility index (Phi) is 5.83. The number of likely N-dealkylation sites (N-methyl/N-ethyl adjacent to an activating group) is 1. The first-order valence-electron chi connectivity index (χ1n) is 10.7. The molecule has 2 aliphatic heterocycles. The van der Waals surface area contributed by atoms with E-state index in [1.807, 2.05) is 11.8 Å². The summed E-state index contributed by atoms with van der Waals surface area (Å²) >= 11 is 0. The molecule has 0 unspecified atom stereocenters. The molecule has 2 heterocycles. The minimum Gasteiger partial charge on any atom is -0.367 e. The fourth-order valence-corrected chi connectivity index (χ4v) is 6.23. The molecule has 1 aliphatic carbocycles. The second-order valence-corrected chi connectivity index (χ2v) is 10.3. The number of benzene rings is 1. The summed E-state index contributed by atoms with van der Waals surface area (Å²) in [6.45, 7) is 8.12. The number of allylic oxidation sites excluding steroid dienone is 2. The van der Waals surface area contributed by atoms with Gasteiger partial charge in [0.15, 0.2) is 4.91 Å². The molecule has 162 valence electrons. The summed E-state index contributed by atoms with van der Waals surface area (Å²) in [6.07, 6.45) is 1.74. The number of hydrogen-bond acceptors (Lipinski definition) is 6. The molecule has 0 amide bonds. The van der Waals surface area contributed by atoms with E-state index in [1.165, 1.54) is 4.31 Å². The van der Waals surface area contributed by atoms with Gasteiger partial charge in [0.2, 0.25) is 21.6 Å². The largest absolute Gasteiger partial charge is 0.367 e. The number of carbonyl (C=O) groups excluding carboxylic acids is 2. The van der Waals surface area contributed by atoms with Crippen molar-refractivity contribution in [3.63, 3.8) is 0 Å². The number of hydrogen-bond donors (Lipinski definition) is 0. The van der Waals surface area contributed by atoms with E-state index in [-0.39, 0.29) is 21.9 Å². The standard InChI is InChI=1S/C22H29N3O4S/c1-3-23-12-14-25(15-13-23)30(28,29)22-19(24-10-8-16(2)9-11-24)20(26)17-6-4-5-7-18(17)21(22)27/h4-7,16H,3,8-15H2,1-2H3. The average Bonchev–Trinajstić information content (AvgIpc) is 2.76. The number of sulfonamides is 1. The zero-order valence-electron chi connectivity index (χ0n) is 17.6. The summed E-state index contributed by atoms with van der Waals surface area (Å²) in [7, 11) is -4.08. The van der Waals surface area contributed by atoms with Crippen LogP contribution in [0.3, 0.4) is 0 Å². The molecule has 3 aliphatic rings. The van der Waals surface area contributed by atoms with Crippen LogP contribution in [0.2, 0.25) is 0 Å². The van der Waals surface area contributed by atoms with Gasteiger partial charge in [-0.3, -0.25) is 9.59 Å². The Morgan fingerprint density at radius 1 is 0.900 bits per heavy atom. The van der Waals surface area contributed by atoms with Crippen LogP contribution >= 0.6 is 0 Å². The van der Waals surface area contributed by atoms with Crippen molar-refractivity contribution in [1.29, 1.82) is 0 Å². The first-order valence-corrected chi connectivity index (χ1v) is 12.2. The Morgan fingerprint density at radius 2 is 1.47 bits per heavy atom. The van der Waals surface area contributed by atoms with E-state index in [9.17, 15) is 18.0 Å². The van der Waals surface area contributed by atoms with Gasteiger partial charge in [-0.15, -0.1) is 0 Å². The molecule has 1 aromatic carbocycles. The smallest absolute Gasteiger partial charge is 0.249 e. The quantitative estimate of drug-likeness (QED) is 0.726. The lowest BCUT2D eigenvalue weighted by atomic mass is 9.90. The second-order valence-electron chi connectivity index (χ2n) is 8.39. The predicted molar refractivity (Wildman–Crippen MR) is 115 cm³/mol. The van der Waals surface area contributed by atoms with Gasteiger partial charge in [0, 0.05) is 50.4 Å². The van der Waals surface area contributed by atoms with Crippen molar-refractivity contribution in [2.24, 2.45) is 5.92 Å². The average molecular weight is 432 g/mol. The molecule has 0 aromatic heterocycles. The predicted octanol–water partition coefficient (Wildman–Crippen LogP) is 1.98. The maximum absolute atomic E-state index is 13.7. The van der Waals surface area contributed by atoms with E-state index < -0.39 is 15.8 Å². The Balaban J connectivity index is 1.80. The van der Waals surface area contributed by atoms with Crippen molar-refractivity contribution < 1.29 is 18.0 Å². The van der Waals surface area contributed by atoms with Crippen molar-refractivity contribution in [2.45, 2.75) is 26.7 Å². The van der Waals surface area contributed by atoms with Gasteiger partial charge in [-0.1, -0.05) is 38.1 Å². The zero-order valence-corrected chi connectivity index (χ0v) is 18.5. The van der Waals surface area contributed by atoms with Crippen molar-refractivity contribution in [3.8, 4) is 0 Å². The summed E-state index contributed by atoms with van der Waals surface area (Å²) in [6, 6.07) is 6.55. The molecule has 7 nitrogen and oxygen atoms in total. The number of fused-ring (bicyclic) bond motifs is 1. The molecule has 0 bridgehead atoms. The van der Waals surface area contributed by atoms with E-state index in [0.717, 1.165) is 19.4 Å². The minimum absolute atomic E-state index is 0.0727. The Bertz CT molecular complexity index is 985. The second kappa shape index (κ2) is 8.24.